The third-order valence-electron chi connectivity index (χ3n) is 3.68. The van der Waals surface area contributed by atoms with E-state index in [0.717, 1.165) is 39.4 Å². The number of morpholine rings is 1. The van der Waals surface area contributed by atoms with Crippen molar-refractivity contribution in [2.45, 2.75) is 31.4 Å². The van der Waals surface area contributed by atoms with Gasteiger partial charge in [-0.1, -0.05) is 0 Å². The smallest absolute Gasteiger partial charge is 0.0594 e. The summed E-state index contributed by atoms with van der Waals surface area (Å²) in [7, 11) is 1.82. The van der Waals surface area contributed by atoms with Gasteiger partial charge in [0.15, 0.2) is 0 Å². The zero-order valence-electron chi connectivity index (χ0n) is 10.3. The van der Waals surface area contributed by atoms with E-state index < -0.39 is 0 Å². The standard InChI is InChI=1S/C12H24N2O2/c1-15-12-3-2-11(10-12)13-4-5-14-6-8-16-9-7-14/h11-13H,2-10H2,1H3. The van der Waals surface area contributed by atoms with E-state index in [1.807, 2.05) is 7.11 Å². The summed E-state index contributed by atoms with van der Waals surface area (Å²) in [4.78, 5) is 2.47. The molecule has 1 aliphatic heterocycles. The molecule has 2 aliphatic rings. The minimum Gasteiger partial charge on any atom is -0.381 e. The van der Waals surface area contributed by atoms with Gasteiger partial charge in [0.05, 0.1) is 19.3 Å². The Kier molecular flexibility index (Phi) is 5.03. The van der Waals surface area contributed by atoms with E-state index >= 15 is 0 Å². The molecular formula is C12H24N2O2. The fourth-order valence-electron chi connectivity index (χ4n) is 2.59. The average molecular weight is 228 g/mol. The number of methoxy groups -OCH3 is 1. The highest BCUT2D eigenvalue weighted by Crippen LogP contribution is 2.21. The van der Waals surface area contributed by atoms with Crippen LogP contribution < -0.4 is 5.32 Å². The van der Waals surface area contributed by atoms with Crippen molar-refractivity contribution in [1.82, 2.24) is 10.2 Å². The van der Waals surface area contributed by atoms with Crippen molar-refractivity contribution in [3.8, 4) is 0 Å². The molecule has 0 aromatic carbocycles. The molecule has 0 aromatic rings. The highest BCUT2D eigenvalue weighted by molar-refractivity contribution is 4.81. The van der Waals surface area contributed by atoms with Crippen LogP contribution in [0.1, 0.15) is 19.3 Å². The maximum absolute atomic E-state index is 5.37. The van der Waals surface area contributed by atoms with Gasteiger partial charge in [-0.3, -0.25) is 4.90 Å². The van der Waals surface area contributed by atoms with Crippen molar-refractivity contribution in [3.63, 3.8) is 0 Å². The van der Waals surface area contributed by atoms with Gasteiger partial charge >= 0.3 is 0 Å². The lowest BCUT2D eigenvalue weighted by atomic mass is 10.2. The van der Waals surface area contributed by atoms with Gasteiger partial charge in [-0.05, 0) is 19.3 Å². The summed E-state index contributed by atoms with van der Waals surface area (Å²) >= 11 is 0. The highest BCUT2D eigenvalue weighted by Gasteiger charge is 2.23. The van der Waals surface area contributed by atoms with E-state index in [1.54, 1.807) is 0 Å². The second-order valence-electron chi connectivity index (χ2n) is 4.78. The van der Waals surface area contributed by atoms with Gasteiger partial charge in [0.25, 0.3) is 0 Å². The van der Waals surface area contributed by atoms with Gasteiger partial charge in [0, 0.05) is 39.3 Å². The molecule has 1 heterocycles. The molecule has 1 aliphatic carbocycles. The lowest BCUT2D eigenvalue weighted by Crippen LogP contribution is -2.42. The van der Waals surface area contributed by atoms with Crippen molar-refractivity contribution in [3.05, 3.63) is 0 Å². The summed E-state index contributed by atoms with van der Waals surface area (Å²) in [5.74, 6) is 0. The molecule has 0 bridgehead atoms. The summed E-state index contributed by atoms with van der Waals surface area (Å²) in [5.41, 5.74) is 0. The van der Waals surface area contributed by atoms with Gasteiger partial charge in [-0.15, -0.1) is 0 Å². The number of ether oxygens (including phenoxy) is 2. The quantitative estimate of drug-likeness (QED) is 0.742. The molecule has 1 saturated carbocycles. The topological polar surface area (TPSA) is 33.7 Å². The van der Waals surface area contributed by atoms with Gasteiger partial charge in [-0.2, -0.15) is 0 Å². The molecule has 2 fully saturated rings. The van der Waals surface area contributed by atoms with E-state index in [1.165, 1.54) is 19.3 Å². The van der Waals surface area contributed by atoms with Crippen molar-refractivity contribution in [2.75, 3.05) is 46.5 Å². The molecule has 1 saturated heterocycles. The zero-order valence-corrected chi connectivity index (χ0v) is 10.3. The molecule has 0 radical (unpaired) electrons. The Labute approximate surface area is 98.3 Å². The van der Waals surface area contributed by atoms with Crippen LogP contribution in [-0.2, 0) is 9.47 Å². The van der Waals surface area contributed by atoms with Gasteiger partial charge in [0.2, 0.25) is 0 Å². The minimum atomic E-state index is 0.487. The number of nitrogens with one attached hydrogen (secondary N) is 1. The van der Waals surface area contributed by atoms with Crippen LogP contribution in [0.25, 0.3) is 0 Å². The molecule has 0 amide bonds. The maximum atomic E-state index is 5.37. The summed E-state index contributed by atoms with van der Waals surface area (Å²) in [5, 5.41) is 3.63. The monoisotopic (exact) mass is 228 g/mol. The second kappa shape index (κ2) is 6.55. The Morgan fingerprint density at radius 1 is 1.31 bits per heavy atom. The second-order valence-corrected chi connectivity index (χ2v) is 4.78. The van der Waals surface area contributed by atoms with Crippen LogP contribution in [0.4, 0.5) is 0 Å². The van der Waals surface area contributed by atoms with Crippen LogP contribution in [0.15, 0.2) is 0 Å². The van der Waals surface area contributed by atoms with Crippen LogP contribution in [0.2, 0.25) is 0 Å². The maximum Gasteiger partial charge on any atom is 0.0594 e. The van der Waals surface area contributed by atoms with Gasteiger partial charge in [-0.25, -0.2) is 0 Å². The van der Waals surface area contributed by atoms with E-state index in [4.69, 9.17) is 9.47 Å². The van der Waals surface area contributed by atoms with Crippen molar-refractivity contribution >= 4 is 0 Å². The van der Waals surface area contributed by atoms with Gasteiger partial charge < -0.3 is 14.8 Å². The summed E-state index contributed by atoms with van der Waals surface area (Å²) < 4.78 is 10.7. The molecule has 94 valence electrons. The lowest BCUT2D eigenvalue weighted by molar-refractivity contribution is 0.0380. The minimum absolute atomic E-state index is 0.487. The average Bonchev–Trinajstić information content (AvgIpc) is 2.78. The molecular weight excluding hydrogens is 204 g/mol. The van der Waals surface area contributed by atoms with E-state index in [-0.39, 0.29) is 0 Å². The number of rotatable bonds is 5. The predicted molar refractivity (Wildman–Crippen MR) is 63.7 cm³/mol. The van der Waals surface area contributed by atoms with Crippen LogP contribution in [-0.4, -0.2) is 63.5 Å². The first-order chi connectivity index (χ1) is 7.88. The molecule has 2 atom stereocenters. The Bertz CT molecular complexity index is 195. The molecule has 0 aromatic heterocycles. The van der Waals surface area contributed by atoms with Crippen LogP contribution in [0.3, 0.4) is 0 Å². The third-order valence-corrected chi connectivity index (χ3v) is 3.68. The molecule has 2 unspecified atom stereocenters. The molecule has 4 heteroatoms. The molecule has 0 spiro atoms. The Morgan fingerprint density at radius 3 is 2.81 bits per heavy atom. The Morgan fingerprint density at radius 2 is 2.12 bits per heavy atom. The normalized spacial score (nSPS) is 32.1. The predicted octanol–water partition coefficient (Wildman–Crippen LogP) is 0.476. The van der Waals surface area contributed by atoms with Crippen molar-refractivity contribution < 1.29 is 9.47 Å². The van der Waals surface area contributed by atoms with Crippen molar-refractivity contribution in [2.24, 2.45) is 0 Å². The number of hydrogen-bond donors (Lipinski definition) is 1. The van der Waals surface area contributed by atoms with Crippen LogP contribution >= 0.6 is 0 Å². The molecule has 2 rings (SSSR count). The van der Waals surface area contributed by atoms with Crippen LogP contribution in [0, 0.1) is 0 Å². The lowest BCUT2D eigenvalue weighted by Gasteiger charge is -2.27. The zero-order chi connectivity index (χ0) is 11.2. The van der Waals surface area contributed by atoms with Gasteiger partial charge in [0.1, 0.15) is 0 Å². The first kappa shape index (κ1) is 12.3. The SMILES string of the molecule is COC1CCC(NCCN2CCOCC2)C1. The number of nitrogens with zero attached hydrogens (tertiary/aromatic N) is 1. The first-order valence-corrected chi connectivity index (χ1v) is 6.45. The first-order valence-electron chi connectivity index (χ1n) is 6.45. The fourth-order valence-corrected chi connectivity index (χ4v) is 2.59. The fraction of sp³-hybridized carbons (Fsp3) is 1.00. The van der Waals surface area contributed by atoms with E-state index in [0.29, 0.717) is 12.1 Å². The van der Waals surface area contributed by atoms with Crippen LogP contribution in [0.5, 0.6) is 0 Å². The van der Waals surface area contributed by atoms with E-state index in [9.17, 15) is 0 Å². The summed E-state index contributed by atoms with van der Waals surface area (Å²) in [6.45, 7) is 6.23. The van der Waals surface area contributed by atoms with E-state index in [2.05, 4.69) is 10.2 Å². The Balaban J connectivity index is 1.54. The molecule has 1 N–H and O–H groups in total. The molecule has 4 nitrogen and oxygen atoms in total. The summed E-state index contributed by atoms with van der Waals surface area (Å²) in [6, 6.07) is 0.672. The number of hydrogen-bond acceptors (Lipinski definition) is 4. The molecule has 16 heavy (non-hydrogen) atoms. The Hall–Kier alpha value is -0.160. The van der Waals surface area contributed by atoms with Crippen molar-refractivity contribution in [1.29, 1.82) is 0 Å². The largest absolute Gasteiger partial charge is 0.381 e. The highest BCUT2D eigenvalue weighted by atomic mass is 16.5. The summed E-state index contributed by atoms with van der Waals surface area (Å²) in [6.07, 6.45) is 4.15. The third kappa shape index (κ3) is 3.70.